The van der Waals surface area contributed by atoms with E-state index in [1.807, 2.05) is 14.0 Å². The Morgan fingerprint density at radius 3 is 2.88 bits per heavy atom. The van der Waals surface area contributed by atoms with E-state index in [1.165, 1.54) is 12.8 Å². The van der Waals surface area contributed by atoms with Gasteiger partial charge in [-0.3, -0.25) is 9.69 Å². The van der Waals surface area contributed by atoms with Gasteiger partial charge in [0.05, 0.1) is 6.54 Å². The molecular weight excluding hydrogens is 214 g/mol. The fourth-order valence-corrected chi connectivity index (χ4v) is 2.30. The number of piperidine rings is 1. The molecule has 100 valence electrons. The maximum Gasteiger partial charge on any atom is 0.236 e. The molecule has 1 atom stereocenters. The largest absolute Gasteiger partial charge is 0.345 e. The lowest BCUT2D eigenvalue weighted by atomic mass is 9.98. The molecule has 0 saturated carbocycles. The number of likely N-dealkylation sites (N-methyl/N-ethyl adjacent to an activating group) is 1. The number of rotatable bonds is 6. The summed E-state index contributed by atoms with van der Waals surface area (Å²) in [6.07, 6.45) is 2.51. The second-order valence-electron chi connectivity index (χ2n) is 4.96. The van der Waals surface area contributed by atoms with E-state index in [-0.39, 0.29) is 5.91 Å². The Balaban J connectivity index is 2.31. The maximum absolute atomic E-state index is 11.8. The third kappa shape index (κ3) is 5.04. The van der Waals surface area contributed by atoms with E-state index in [4.69, 9.17) is 0 Å². The molecule has 1 N–H and O–H groups in total. The average Bonchev–Trinajstić information content (AvgIpc) is 2.35. The summed E-state index contributed by atoms with van der Waals surface area (Å²) in [5.74, 6) is 0.958. The summed E-state index contributed by atoms with van der Waals surface area (Å²) in [4.78, 5) is 15.9. The zero-order chi connectivity index (χ0) is 12.7. The maximum atomic E-state index is 11.8. The van der Waals surface area contributed by atoms with E-state index in [2.05, 4.69) is 17.1 Å². The van der Waals surface area contributed by atoms with Gasteiger partial charge in [-0.05, 0) is 45.3 Å². The van der Waals surface area contributed by atoms with Gasteiger partial charge in [0.15, 0.2) is 0 Å². The fraction of sp³-hybridized carbons (Fsp3) is 0.923. The Hall–Kier alpha value is -0.610. The lowest BCUT2D eigenvalue weighted by Gasteiger charge is -2.33. The van der Waals surface area contributed by atoms with Crippen LogP contribution in [0.3, 0.4) is 0 Å². The summed E-state index contributed by atoms with van der Waals surface area (Å²) < 4.78 is 0. The third-order valence-corrected chi connectivity index (χ3v) is 3.55. The lowest BCUT2D eigenvalue weighted by molar-refractivity contribution is -0.131. The summed E-state index contributed by atoms with van der Waals surface area (Å²) in [6, 6.07) is 0. The first kappa shape index (κ1) is 14.5. The molecule has 0 aromatic heterocycles. The molecule has 1 saturated heterocycles. The highest BCUT2D eigenvalue weighted by molar-refractivity contribution is 5.77. The van der Waals surface area contributed by atoms with Crippen molar-refractivity contribution < 1.29 is 4.79 Å². The van der Waals surface area contributed by atoms with Gasteiger partial charge < -0.3 is 10.2 Å². The Labute approximate surface area is 105 Å². The van der Waals surface area contributed by atoms with Gasteiger partial charge in [0, 0.05) is 20.1 Å². The van der Waals surface area contributed by atoms with Crippen LogP contribution in [0, 0.1) is 5.92 Å². The summed E-state index contributed by atoms with van der Waals surface area (Å²) in [7, 11) is 1.88. The fourth-order valence-electron chi connectivity index (χ4n) is 2.30. The predicted octanol–water partition coefficient (Wildman–Crippen LogP) is 0.786. The SMILES string of the molecule is CCNCC1CCCN(CC(=O)N(C)CC)C1. The minimum absolute atomic E-state index is 0.247. The minimum Gasteiger partial charge on any atom is -0.345 e. The van der Waals surface area contributed by atoms with Gasteiger partial charge in [0.25, 0.3) is 0 Å². The zero-order valence-corrected chi connectivity index (χ0v) is 11.5. The smallest absolute Gasteiger partial charge is 0.236 e. The van der Waals surface area contributed by atoms with Crippen molar-refractivity contribution in [3.63, 3.8) is 0 Å². The van der Waals surface area contributed by atoms with Gasteiger partial charge in [-0.1, -0.05) is 6.92 Å². The monoisotopic (exact) mass is 241 g/mol. The van der Waals surface area contributed by atoms with E-state index in [0.717, 1.165) is 32.7 Å². The molecule has 4 heteroatoms. The second kappa shape index (κ2) is 7.67. The van der Waals surface area contributed by atoms with Crippen LogP contribution in [-0.4, -0.2) is 62.0 Å². The molecule has 1 heterocycles. The van der Waals surface area contributed by atoms with E-state index in [9.17, 15) is 4.79 Å². The van der Waals surface area contributed by atoms with Crippen LogP contribution in [0.2, 0.25) is 0 Å². The topological polar surface area (TPSA) is 35.6 Å². The molecule has 0 aromatic rings. The van der Waals surface area contributed by atoms with Gasteiger partial charge >= 0.3 is 0 Å². The van der Waals surface area contributed by atoms with Gasteiger partial charge in [-0.2, -0.15) is 0 Å². The second-order valence-corrected chi connectivity index (χ2v) is 4.96. The summed E-state index contributed by atoms with van der Waals surface area (Å²) in [5.41, 5.74) is 0. The molecule has 17 heavy (non-hydrogen) atoms. The standard InChI is InChI=1S/C13H27N3O/c1-4-14-9-12-7-6-8-16(10-12)11-13(17)15(3)5-2/h12,14H,4-11H2,1-3H3. The third-order valence-electron chi connectivity index (χ3n) is 3.55. The number of hydrogen-bond acceptors (Lipinski definition) is 3. The molecule has 0 aromatic carbocycles. The van der Waals surface area contributed by atoms with Crippen LogP contribution in [0.25, 0.3) is 0 Å². The highest BCUT2D eigenvalue weighted by atomic mass is 16.2. The number of carbonyl (C=O) groups excluding carboxylic acids is 1. The van der Waals surface area contributed by atoms with Crippen molar-refractivity contribution in [3.8, 4) is 0 Å². The Morgan fingerprint density at radius 1 is 1.47 bits per heavy atom. The first-order valence-corrected chi connectivity index (χ1v) is 6.84. The number of likely N-dealkylation sites (tertiary alicyclic amines) is 1. The van der Waals surface area contributed by atoms with E-state index >= 15 is 0 Å². The molecule has 4 nitrogen and oxygen atoms in total. The first-order chi connectivity index (χ1) is 8.17. The molecule has 1 amide bonds. The number of hydrogen-bond donors (Lipinski definition) is 1. The van der Waals surface area contributed by atoms with Gasteiger partial charge in [0.1, 0.15) is 0 Å². The zero-order valence-electron chi connectivity index (χ0n) is 11.5. The minimum atomic E-state index is 0.247. The van der Waals surface area contributed by atoms with Crippen molar-refractivity contribution >= 4 is 5.91 Å². The Morgan fingerprint density at radius 2 is 2.24 bits per heavy atom. The van der Waals surface area contributed by atoms with Crippen LogP contribution in [0.5, 0.6) is 0 Å². The van der Waals surface area contributed by atoms with Crippen molar-refractivity contribution in [2.45, 2.75) is 26.7 Å². The molecule has 1 unspecified atom stereocenters. The van der Waals surface area contributed by atoms with Crippen molar-refractivity contribution in [2.75, 3.05) is 46.3 Å². The molecule has 0 aliphatic carbocycles. The summed E-state index contributed by atoms with van der Waals surface area (Å²) >= 11 is 0. The molecule has 0 spiro atoms. The van der Waals surface area contributed by atoms with Crippen molar-refractivity contribution in [1.29, 1.82) is 0 Å². The van der Waals surface area contributed by atoms with Crippen LogP contribution in [0.4, 0.5) is 0 Å². The number of carbonyl (C=O) groups is 1. The van der Waals surface area contributed by atoms with Crippen molar-refractivity contribution in [1.82, 2.24) is 15.1 Å². The molecule has 1 aliphatic heterocycles. The summed E-state index contributed by atoms with van der Waals surface area (Å²) in [5, 5.41) is 3.40. The quantitative estimate of drug-likeness (QED) is 0.747. The molecular formula is C13H27N3O. The molecule has 1 rings (SSSR count). The van der Waals surface area contributed by atoms with Crippen molar-refractivity contribution in [2.24, 2.45) is 5.92 Å². The van der Waals surface area contributed by atoms with Crippen molar-refractivity contribution in [3.05, 3.63) is 0 Å². The van der Waals surface area contributed by atoms with Crippen LogP contribution in [-0.2, 0) is 4.79 Å². The normalized spacial score (nSPS) is 21.5. The molecule has 0 bridgehead atoms. The van der Waals surface area contributed by atoms with Crippen LogP contribution >= 0.6 is 0 Å². The van der Waals surface area contributed by atoms with E-state index in [0.29, 0.717) is 12.5 Å². The highest BCUT2D eigenvalue weighted by Gasteiger charge is 2.21. The number of nitrogens with zero attached hydrogens (tertiary/aromatic N) is 2. The van der Waals surface area contributed by atoms with Crippen LogP contribution in [0.1, 0.15) is 26.7 Å². The van der Waals surface area contributed by atoms with E-state index in [1.54, 1.807) is 4.90 Å². The molecule has 1 aliphatic rings. The average molecular weight is 241 g/mol. The van der Waals surface area contributed by atoms with Gasteiger partial charge in [0.2, 0.25) is 5.91 Å². The Bertz CT molecular complexity index is 233. The highest BCUT2D eigenvalue weighted by Crippen LogP contribution is 2.15. The molecule has 1 fully saturated rings. The van der Waals surface area contributed by atoms with Gasteiger partial charge in [-0.15, -0.1) is 0 Å². The molecule has 0 radical (unpaired) electrons. The summed E-state index contributed by atoms with van der Waals surface area (Å²) in [6.45, 7) is 9.81. The van der Waals surface area contributed by atoms with Crippen LogP contribution in [0.15, 0.2) is 0 Å². The lowest BCUT2D eigenvalue weighted by Crippen LogP contribution is -2.44. The predicted molar refractivity (Wildman–Crippen MR) is 71.0 cm³/mol. The van der Waals surface area contributed by atoms with E-state index < -0.39 is 0 Å². The number of nitrogens with one attached hydrogen (secondary N) is 1. The Kier molecular flexibility index (Phi) is 6.52. The van der Waals surface area contributed by atoms with Crippen LogP contribution < -0.4 is 5.32 Å². The number of amides is 1. The first-order valence-electron chi connectivity index (χ1n) is 6.84. The van der Waals surface area contributed by atoms with Gasteiger partial charge in [-0.25, -0.2) is 0 Å².